The first-order chi connectivity index (χ1) is 6.15. The van der Waals surface area contributed by atoms with Crippen LogP contribution in [0.4, 0.5) is 0 Å². The van der Waals surface area contributed by atoms with E-state index in [1.54, 1.807) is 7.11 Å². The van der Waals surface area contributed by atoms with Gasteiger partial charge < -0.3 is 14.7 Å². The standard InChI is InChI=1S/C8H13NO4/c1-13-3-2-9-5-6(8(11)12)4-7(9)10/h6H,2-5H2,1H3,(H,11,12)/t6-/m0/s1. The number of aliphatic carboxylic acids is 1. The van der Waals surface area contributed by atoms with Crippen LogP contribution in [0, 0.1) is 5.92 Å². The van der Waals surface area contributed by atoms with Crippen molar-refractivity contribution in [3.8, 4) is 0 Å². The highest BCUT2D eigenvalue weighted by Crippen LogP contribution is 2.17. The van der Waals surface area contributed by atoms with Crippen molar-refractivity contribution >= 4 is 11.9 Å². The zero-order valence-electron chi connectivity index (χ0n) is 7.52. The van der Waals surface area contributed by atoms with Crippen LogP contribution in [0.3, 0.4) is 0 Å². The summed E-state index contributed by atoms with van der Waals surface area (Å²) in [5, 5.41) is 8.66. The number of carbonyl (C=O) groups is 2. The number of nitrogens with zero attached hydrogens (tertiary/aromatic N) is 1. The second kappa shape index (κ2) is 4.23. The lowest BCUT2D eigenvalue weighted by atomic mass is 10.1. The van der Waals surface area contributed by atoms with Crippen molar-refractivity contribution in [2.24, 2.45) is 5.92 Å². The number of ether oxygens (including phenoxy) is 1. The van der Waals surface area contributed by atoms with Gasteiger partial charge in [0.2, 0.25) is 5.91 Å². The van der Waals surface area contributed by atoms with Gasteiger partial charge in [0.25, 0.3) is 0 Å². The molecule has 1 aliphatic rings. The summed E-state index contributed by atoms with van der Waals surface area (Å²) in [4.78, 5) is 23.3. The molecule has 74 valence electrons. The Kier molecular flexibility index (Phi) is 3.25. The molecule has 5 heteroatoms. The van der Waals surface area contributed by atoms with E-state index < -0.39 is 11.9 Å². The summed E-state index contributed by atoms with van der Waals surface area (Å²) in [6, 6.07) is 0. The van der Waals surface area contributed by atoms with Crippen molar-refractivity contribution in [2.45, 2.75) is 6.42 Å². The highest BCUT2D eigenvalue weighted by molar-refractivity contribution is 5.86. The lowest BCUT2D eigenvalue weighted by Crippen LogP contribution is -2.29. The molecule has 0 bridgehead atoms. The average molecular weight is 187 g/mol. The fourth-order valence-electron chi connectivity index (χ4n) is 1.36. The molecule has 0 aromatic carbocycles. The minimum atomic E-state index is -0.895. The third-order valence-corrected chi connectivity index (χ3v) is 2.13. The summed E-state index contributed by atoms with van der Waals surface area (Å²) < 4.78 is 4.81. The molecule has 1 saturated heterocycles. The van der Waals surface area contributed by atoms with E-state index in [0.29, 0.717) is 19.7 Å². The minimum Gasteiger partial charge on any atom is -0.481 e. The Balaban J connectivity index is 2.42. The molecule has 0 unspecified atom stereocenters. The third-order valence-electron chi connectivity index (χ3n) is 2.13. The summed E-state index contributed by atoms with van der Waals surface area (Å²) in [5.74, 6) is -1.53. The van der Waals surface area contributed by atoms with E-state index in [0.717, 1.165) is 0 Å². The second-order valence-corrected chi connectivity index (χ2v) is 3.07. The molecule has 1 rings (SSSR count). The van der Waals surface area contributed by atoms with Gasteiger partial charge in [-0.3, -0.25) is 9.59 Å². The molecule has 1 fully saturated rings. The van der Waals surface area contributed by atoms with Gasteiger partial charge in [0.15, 0.2) is 0 Å². The van der Waals surface area contributed by atoms with Crippen molar-refractivity contribution in [1.29, 1.82) is 0 Å². The molecule has 0 aromatic rings. The topological polar surface area (TPSA) is 66.8 Å². The number of hydrogen-bond donors (Lipinski definition) is 1. The van der Waals surface area contributed by atoms with Crippen LogP contribution in [0.15, 0.2) is 0 Å². The number of carboxylic acid groups (broad SMARTS) is 1. The zero-order valence-corrected chi connectivity index (χ0v) is 7.52. The maximum absolute atomic E-state index is 11.2. The Morgan fingerprint density at radius 1 is 1.77 bits per heavy atom. The SMILES string of the molecule is COCCN1C[C@@H](C(=O)O)CC1=O. The lowest BCUT2D eigenvalue weighted by Gasteiger charge is -2.14. The van der Waals surface area contributed by atoms with Gasteiger partial charge in [0.1, 0.15) is 0 Å². The first-order valence-electron chi connectivity index (χ1n) is 4.14. The Morgan fingerprint density at radius 2 is 2.46 bits per heavy atom. The Bertz CT molecular complexity index is 216. The quantitative estimate of drug-likeness (QED) is 0.648. The van der Waals surface area contributed by atoms with Crippen LogP contribution in [0.25, 0.3) is 0 Å². The van der Waals surface area contributed by atoms with Gasteiger partial charge >= 0.3 is 5.97 Å². The van der Waals surface area contributed by atoms with Crippen molar-refractivity contribution in [1.82, 2.24) is 4.90 Å². The molecular formula is C8H13NO4. The number of rotatable bonds is 4. The molecule has 1 atom stereocenters. The number of methoxy groups -OCH3 is 1. The fourth-order valence-corrected chi connectivity index (χ4v) is 1.36. The third kappa shape index (κ3) is 2.42. The molecule has 1 N–H and O–H groups in total. The second-order valence-electron chi connectivity index (χ2n) is 3.07. The van der Waals surface area contributed by atoms with Crippen LogP contribution in [0.5, 0.6) is 0 Å². The van der Waals surface area contributed by atoms with Crippen LogP contribution in [-0.2, 0) is 14.3 Å². The van der Waals surface area contributed by atoms with Crippen molar-refractivity contribution in [3.63, 3.8) is 0 Å². The number of carbonyl (C=O) groups excluding carboxylic acids is 1. The van der Waals surface area contributed by atoms with Crippen LogP contribution in [0.1, 0.15) is 6.42 Å². The molecule has 0 saturated carbocycles. The van der Waals surface area contributed by atoms with E-state index in [9.17, 15) is 9.59 Å². The Morgan fingerprint density at radius 3 is 2.92 bits per heavy atom. The largest absolute Gasteiger partial charge is 0.481 e. The van der Waals surface area contributed by atoms with E-state index in [1.807, 2.05) is 0 Å². The van der Waals surface area contributed by atoms with Crippen molar-refractivity contribution < 1.29 is 19.4 Å². The van der Waals surface area contributed by atoms with Crippen LogP contribution < -0.4 is 0 Å². The monoisotopic (exact) mass is 187 g/mol. The normalized spacial score (nSPS) is 22.4. The molecule has 13 heavy (non-hydrogen) atoms. The predicted molar refractivity (Wildman–Crippen MR) is 44.2 cm³/mol. The van der Waals surface area contributed by atoms with Gasteiger partial charge in [0, 0.05) is 26.6 Å². The minimum absolute atomic E-state index is 0.0931. The highest BCUT2D eigenvalue weighted by Gasteiger charge is 2.33. The number of hydrogen-bond acceptors (Lipinski definition) is 3. The summed E-state index contributed by atoms with van der Waals surface area (Å²) >= 11 is 0. The molecule has 5 nitrogen and oxygen atoms in total. The summed E-state index contributed by atoms with van der Waals surface area (Å²) in [6.07, 6.45) is 0.124. The molecule has 1 amide bonds. The Hall–Kier alpha value is -1.10. The zero-order chi connectivity index (χ0) is 9.84. The molecule has 1 heterocycles. The van der Waals surface area contributed by atoms with Gasteiger partial charge in [0.05, 0.1) is 12.5 Å². The maximum Gasteiger partial charge on any atom is 0.308 e. The van der Waals surface area contributed by atoms with Gasteiger partial charge in [-0.2, -0.15) is 0 Å². The average Bonchev–Trinajstić information content (AvgIpc) is 2.44. The van der Waals surface area contributed by atoms with Crippen LogP contribution >= 0.6 is 0 Å². The number of amides is 1. The van der Waals surface area contributed by atoms with Gasteiger partial charge in [-0.15, -0.1) is 0 Å². The van der Waals surface area contributed by atoms with Gasteiger partial charge in [-0.1, -0.05) is 0 Å². The van der Waals surface area contributed by atoms with Crippen molar-refractivity contribution in [3.05, 3.63) is 0 Å². The Labute approximate surface area is 76.3 Å². The van der Waals surface area contributed by atoms with Gasteiger partial charge in [-0.25, -0.2) is 0 Å². The van der Waals surface area contributed by atoms with E-state index in [1.165, 1.54) is 4.90 Å². The predicted octanol–water partition coefficient (Wildman–Crippen LogP) is -0.434. The molecule has 0 spiro atoms. The summed E-state index contributed by atoms with van der Waals surface area (Å²) in [7, 11) is 1.55. The fraction of sp³-hybridized carbons (Fsp3) is 0.750. The molecule has 0 radical (unpaired) electrons. The molecule has 0 aromatic heterocycles. The number of carboxylic acids is 1. The lowest BCUT2D eigenvalue weighted by molar-refractivity contribution is -0.141. The summed E-state index contributed by atoms with van der Waals surface area (Å²) in [5.41, 5.74) is 0. The van der Waals surface area contributed by atoms with E-state index in [4.69, 9.17) is 9.84 Å². The van der Waals surface area contributed by atoms with Crippen LogP contribution in [0.2, 0.25) is 0 Å². The van der Waals surface area contributed by atoms with E-state index >= 15 is 0 Å². The molecular weight excluding hydrogens is 174 g/mol. The van der Waals surface area contributed by atoms with Crippen molar-refractivity contribution in [2.75, 3.05) is 26.8 Å². The molecule has 1 aliphatic heterocycles. The van der Waals surface area contributed by atoms with Gasteiger partial charge in [-0.05, 0) is 0 Å². The van der Waals surface area contributed by atoms with E-state index in [-0.39, 0.29) is 12.3 Å². The molecule has 0 aliphatic carbocycles. The van der Waals surface area contributed by atoms with Crippen LogP contribution in [-0.4, -0.2) is 48.7 Å². The first kappa shape index (κ1) is 9.98. The maximum atomic E-state index is 11.2. The first-order valence-corrected chi connectivity index (χ1v) is 4.14. The summed E-state index contributed by atoms with van der Waals surface area (Å²) in [6.45, 7) is 1.26. The highest BCUT2D eigenvalue weighted by atomic mass is 16.5. The number of likely N-dealkylation sites (tertiary alicyclic amines) is 1. The van der Waals surface area contributed by atoms with E-state index in [2.05, 4.69) is 0 Å². The smallest absolute Gasteiger partial charge is 0.308 e.